The number of aromatic nitrogens is 1. The minimum absolute atomic E-state index is 0.388. The third-order valence-corrected chi connectivity index (χ3v) is 2.89. The molecule has 3 aromatic rings. The second-order valence-corrected chi connectivity index (χ2v) is 4.21. The van der Waals surface area contributed by atoms with Crippen molar-refractivity contribution in [3.8, 4) is 0 Å². The molecule has 0 saturated heterocycles. The highest BCUT2D eigenvalue weighted by Crippen LogP contribution is 2.21. The van der Waals surface area contributed by atoms with E-state index in [9.17, 15) is 5.11 Å². The van der Waals surface area contributed by atoms with Crippen LogP contribution in [0.1, 0.15) is 17.6 Å². The molecule has 3 nitrogen and oxygen atoms in total. The van der Waals surface area contributed by atoms with Gasteiger partial charge in [0.15, 0.2) is 11.5 Å². The Kier molecular flexibility index (Phi) is 2.82. The third-order valence-electron chi connectivity index (χ3n) is 2.89. The highest BCUT2D eigenvalue weighted by Gasteiger charge is 2.12. The molecule has 0 bridgehead atoms. The van der Waals surface area contributed by atoms with E-state index in [2.05, 4.69) is 4.98 Å². The van der Waals surface area contributed by atoms with Crippen LogP contribution in [0.4, 0.5) is 0 Å². The van der Waals surface area contributed by atoms with E-state index in [0.29, 0.717) is 12.3 Å². The average Bonchev–Trinajstić information content (AvgIpc) is 2.82. The van der Waals surface area contributed by atoms with E-state index in [1.807, 2.05) is 54.6 Å². The molecule has 0 unspecified atom stereocenters. The standard InChI is InChI=1S/C15H13NO2/c17-13(11-6-2-1-3-7-11)10-15-16-12-8-4-5-9-14(12)18-15/h1-9,13,17H,10H2/t13-/m1/s1. The van der Waals surface area contributed by atoms with Gasteiger partial charge < -0.3 is 9.52 Å². The number of hydrogen-bond donors (Lipinski definition) is 1. The molecule has 1 N–H and O–H groups in total. The van der Waals surface area contributed by atoms with Crippen LogP contribution in [0, 0.1) is 0 Å². The van der Waals surface area contributed by atoms with Gasteiger partial charge in [-0.15, -0.1) is 0 Å². The van der Waals surface area contributed by atoms with Gasteiger partial charge in [0.1, 0.15) is 5.52 Å². The van der Waals surface area contributed by atoms with Crippen molar-refractivity contribution >= 4 is 11.1 Å². The Morgan fingerprint density at radius 3 is 2.50 bits per heavy atom. The van der Waals surface area contributed by atoms with Crippen molar-refractivity contribution in [1.82, 2.24) is 4.98 Å². The van der Waals surface area contributed by atoms with Crippen LogP contribution in [-0.2, 0) is 6.42 Å². The number of aliphatic hydroxyl groups is 1. The fourth-order valence-electron chi connectivity index (χ4n) is 1.97. The zero-order chi connectivity index (χ0) is 12.4. The molecule has 1 atom stereocenters. The van der Waals surface area contributed by atoms with Gasteiger partial charge in [0, 0.05) is 0 Å². The molecule has 0 radical (unpaired) electrons. The summed E-state index contributed by atoms with van der Waals surface area (Å²) in [4.78, 5) is 4.35. The molecule has 3 heteroatoms. The monoisotopic (exact) mass is 239 g/mol. The minimum Gasteiger partial charge on any atom is -0.441 e. The van der Waals surface area contributed by atoms with Crippen LogP contribution in [-0.4, -0.2) is 10.1 Å². The third kappa shape index (κ3) is 2.13. The summed E-state index contributed by atoms with van der Waals surface area (Å²) in [6.45, 7) is 0. The minimum atomic E-state index is -0.584. The summed E-state index contributed by atoms with van der Waals surface area (Å²) >= 11 is 0. The van der Waals surface area contributed by atoms with Crippen LogP contribution in [0.3, 0.4) is 0 Å². The van der Waals surface area contributed by atoms with Gasteiger partial charge in [-0.25, -0.2) is 4.98 Å². The maximum Gasteiger partial charge on any atom is 0.198 e. The summed E-state index contributed by atoms with van der Waals surface area (Å²) < 4.78 is 5.59. The summed E-state index contributed by atoms with van der Waals surface area (Å²) in [6.07, 6.45) is -0.196. The van der Waals surface area contributed by atoms with Crippen molar-refractivity contribution in [2.45, 2.75) is 12.5 Å². The van der Waals surface area contributed by atoms with Crippen molar-refractivity contribution in [2.75, 3.05) is 0 Å². The molecule has 0 amide bonds. The molecule has 0 saturated carbocycles. The van der Waals surface area contributed by atoms with Crippen LogP contribution in [0.25, 0.3) is 11.1 Å². The number of nitrogens with zero attached hydrogens (tertiary/aromatic N) is 1. The van der Waals surface area contributed by atoms with Crippen molar-refractivity contribution in [2.24, 2.45) is 0 Å². The van der Waals surface area contributed by atoms with Gasteiger partial charge in [-0.3, -0.25) is 0 Å². The summed E-state index contributed by atoms with van der Waals surface area (Å²) in [6, 6.07) is 17.1. The largest absolute Gasteiger partial charge is 0.441 e. The summed E-state index contributed by atoms with van der Waals surface area (Å²) in [5.74, 6) is 0.563. The molecule has 2 aromatic carbocycles. The molecule has 1 heterocycles. The van der Waals surface area contributed by atoms with Crippen LogP contribution in [0.5, 0.6) is 0 Å². The van der Waals surface area contributed by atoms with Crippen LogP contribution in [0.2, 0.25) is 0 Å². The Labute approximate surface area is 105 Å². The van der Waals surface area contributed by atoms with E-state index >= 15 is 0 Å². The molecule has 0 aliphatic heterocycles. The van der Waals surface area contributed by atoms with E-state index in [0.717, 1.165) is 16.7 Å². The fourth-order valence-corrected chi connectivity index (χ4v) is 1.97. The Balaban J connectivity index is 1.84. The SMILES string of the molecule is O[C@H](Cc1nc2ccccc2o1)c1ccccc1. The first kappa shape index (κ1) is 11.0. The first-order valence-corrected chi connectivity index (χ1v) is 5.90. The topological polar surface area (TPSA) is 46.3 Å². The number of fused-ring (bicyclic) bond motifs is 1. The smallest absolute Gasteiger partial charge is 0.198 e. The number of hydrogen-bond acceptors (Lipinski definition) is 3. The van der Waals surface area contributed by atoms with E-state index in [4.69, 9.17) is 4.42 Å². The predicted octanol–water partition coefficient (Wildman–Crippen LogP) is 3.10. The molecule has 3 rings (SSSR count). The van der Waals surface area contributed by atoms with Gasteiger partial charge in [0.05, 0.1) is 12.5 Å². The van der Waals surface area contributed by atoms with Gasteiger partial charge >= 0.3 is 0 Å². The van der Waals surface area contributed by atoms with Crippen molar-refractivity contribution < 1.29 is 9.52 Å². The zero-order valence-electron chi connectivity index (χ0n) is 9.78. The molecule has 0 aliphatic carbocycles. The number of benzene rings is 2. The van der Waals surface area contributed by atoms with Crippen LogP contribution >= 0.6 is 0 Å². The molecular formula is C15H13NO2. The van der Waals surface area contributed by atoms with Gasteiger partial charge in [0.25, 0.3) is 0 Å². The highest BCUT2D eigenvalue weighted by molar-refractivity contribution is 5.72. The van der Waals surface area contributed by atoms with E-state index in [-0.39, 0.29) is 0 Å². The van der Waals surface area contributed by atoms with E-state index < -0.39 is 6.10 Å². The quantitative estimate of drug-likeness (QED) is 0.763. The first-order valence-electron chi connectivity index (χ1n) is 5.90. The van der Waals surface area contributed by atoms with Crippen molar-refractivity contribution in [3.63, 3.8) is 0 Å². The number of para-hydroxylation sites is 2. The first-order chi connectivity index (χ1) is 8.83. The number of oxazole rings is 1. The summed E-state index contributed by atoms with van der Waals surface area (Å²) in [5.41, 5.74) is 2.46. The van der Waals surface area contributed by atoms with Gasteiger partial charge in [-0.05, 0) is 17.7 Å². The van der Waals surface area contributed by atoms with Gasteiger partial charge in [-0.2, -0.15) is 0 Å². The van der Waals surface area contributed by atoms with E-state index in [1.54, 1.807) is 0 Å². The Morgan fingerprint density at radius 2 is 1.72 bits per heavy atom. The van der Waals surface area contributed by atoms with Crippen molar-refractivity contribution in [3.05, 3.63) is 66.1 Å². The highest BCUT2D eigenvalue weighted by atomic mass is 16.4. The molecule has 18 heavy (non-hydrogen) atoms. The molecule has 0 aliphatic rings. The van der Waals surface area contributed by atoms with Crippen LogP contribution in [0.15, 0.2) is 59.0 Å². The molecule has 1 aromatic heterocycles. The predicted molar refractivity (Wildman–Crippen MR) is 69.1 cm³/mol. The fraction of sp³-hybridized carbons (Fsp3) is 0.133. The number of aliphatic hydroxyl groups excluding tert-OH is 1. The van der Waals surface area contributed by atoms with Gasteiger partial charge in [0.2, 0.25) is 0 Å². The average molecular weight is 239 g/mol. The second-order valence-electron chi connectivity index (χ2n) is 4.21. The lowest BCUT2D eigenvalue weighted by Gasteiger charge is -2.07. The summed E-state index contributed by atoms with van der Waals surface area (Å²) in [5, 5.41) is 10.1. The van der Waals surface area contributed by atoms with Crippen LogP contribution < -0.4 is 0 Å². The molecule has 0 spiro atoms. The lowest BCUT2D eigenvalue weighted by molar-refractivity contribution is 0.169. The molecule has 0 fully saturated rings. The normalized spacial score (nSPS) is 12.7. The summed E-state index contributed by atoms with van der Waals surface area (Å²) in [7, 11) is 0. The zero-order valence-corrected chi connectivity index (χ0v) is 9.78. The molecule has 90 valence electrons. The van der Waals surface area contributed by atoms with Crippen molar-refractivity contribution in [1.29, 1.82) is 0 Å². The maximum atomic E-state index is 10.1. The number of rotatable bonds is 3. The Hall–Kier alpha value is -2.13. The Bertz CT molecular complexity index is 613. The van der Waals surface area contributed by atoms with E-state index in [1.165, 1.54) is 0 Å². The Morgan fingerprint density at radius 1 is 1.00 bits per heavy atom. The maximum absolute atomic E-state index is 10.1. The van der Waals surface area contributed by atoms with Gasteiger partial charge in [-0.1, -0.05) is 42.5 Å². The lowest BCUT2D eigenvalue weighted by atomic mass is 10.1. The molecular weight excluding hydrogens is 226 g/mol. The second kappa shape index (κ2) is 4.63. The lowest BCUT2D eigenvalue weighted by Crippen LogP contribution is -2.01.